The Morgan fingerprint density at radius 2 is 0.785 bits per heavy atom. The number of unbranched alkanes of at least 4 members (excludes halogenated alkanes) is 24. The molecule has 4 N–H and O–H groups in total. The molecule has 11 heteroatoms. The quantitative estimate of drug-likeness (QED) is 0.0208. The van der Waals surface area contributed by atoms with Crippen LogP contribution >= 0.6 is 0 Å². The van der Waals surface area contributed by atoms with E-state index < -0.39 is 23.4 Å². The predicted molar refractivity (Wildman–Crippen MR) is 277 cm³/mol. The van der Waals surface area contributed by atoms with Gasteiger partial charge in [0, 0.05) is 45.7 Å². The second-order valence-corrected chi connectivity index (χ2v) is 19.9. The van der Waals surface area contributed by atoms with Crippen molar-refractivity contribution >= 4 is 24.1 Å². The second-order valence-electron chi connectivity index (χ2n) is 19.9. The summed E-state index contributed by atoms with van der Waals surface area (Å²) < 4.78 is 10.7. The van der Waals surface area contributed by atoms with Gasteiger partial charge in [0.05, 0.1) is 6.54 Å². The summed E-state index contributed by atoms with van der Waals surface area (Å²) in [6.07, 6.45) is 44.5. The van der Waals surface area contributed by atoms with Crippen molar-refractivity contribution in [1.29, 1.82) is 0 Å². The van der Waals surface area contributed by atoms with Crippen LogP contribution < -0.4 is 21.3 Å². The monoisotopic (exact) mass is 917 g/mol. The smallest absolute Gasteiger partial charge is 0.407 e. The fraction of sp³-hybridized carbons (Fsp3) is 0.852. The van der Waals surface area contributed by atoms with Crippen molar-refractivity contribution in [2.45, 2.75) is 253 Å². The fourth-order valence-corrected chi connectivity index (χ4v) is 7.38. The standard InChI is InChI=1S/C54H104N6O5/c1-9-11-13-15-17-19-21-23-25-27-29-31-33-35-37-39-47-60(48-40-38-36-34-32-30-28-26-24-22-20-18-16-14-12-10-2)49(61)41-42-55-50(56-43-45-58-51(62)64-53(3,4)5)57-44-46-59-52(63)65-54(6,7)8/h23-26H,9-22,27-48H2,1-8H3,(H,58,62)(H,59,63)(H2,55,56,57)/b25-23+,26-24+. The van der Waals surface area contributed by atoms with Crippen molar-refractivity contribution in [1.82, 2.24) is 26.2 Å². The lowest BCUT2D eigenvalue weighted by atomic mass is 10.1. The third-order valence-corrected chi connectivity index (χ3v) is 11.0. The number of guanidine groups is 1. The number of nitrogens with one attached hydrogen (secondary N) is 4. The van der Waals surface area contributed by atoms with E-state index in [2.05, 4.69) is 69.3 Å². The van der Waals surface area contributed by atoms with Crippen molar-refractivity contribution < 1.29 is 23.9 Å². The van der Waals surface area contributed by atoms with E-state index in [1.807, 2.05) is 41.5 Å². The highest BCUT2D eigenvalue weighted by Crippen LogP contribution is 2.14. The van der Waals surface area contributed by atoms with Crippen LogP contribution in [0.1, 0.15) is 242 Å². The molecule has 0 saturated heterocycles. The van der Waals surface area contributed by atoms with Gasteiger partial charge in [-0.1, -0.05) is 154 Å². The second kappa shape index (κ2) is 43.3. The van der Waals surface area contributed by atoms with Gasteiger partial charge in [-0.3, -0.25) is 9.79 Å². The molecule has 0 heterocycles. The first kappa shape index (κ1) is 61.8. The predicted octanol–water partition coefficient (Wildman–Crippen LogP) is 13.9. The summed E-state index contributed by atoms with van der Waals surface area (Å²) in [5.41, 5.74) is -1.17. The largest absolute Gasteiger partial charge is 0.444 e. The highest BCUT2D eigenvalue weighted by molar-refractivity contribution is 5.81. The molecular weight excluding hydrogens is 813 g/mol. The van der Waals surface area contributed by atoms with E-state index in [9.17, 15) is 14.4 Å². The summed E-state index contributed by atoms with van der Waals surface area (Å²) in [6.45, 7) is 18.8. The van der Waals surface area contributed by atoms with Gasteiger partial charge in [-0.05, 0) is 106 Å². The molecule has 0 spiro atoms. The summed E-state index contributed by atoms with van der Waals surface area (Å²) in [7, 11) is 0. The maximum atomic E-state index is 13.7. The number of ether oxygens (including phenoxy) is 2. The van der Waals surface area contributed by atoms with Gasteiger partial charge in [-0.25, -0.2) is 9.59 Å². The van der Waals surface area contributed by atoms with Crippen LogP contribution in [0.25, 0.3) is 0 Å². The summed E-state index contributed by atoms with van der Waals surface area (Å²) in [6, 6.07) is 0. The van der Waals surface area contributed by atoms with E-state index in [0.717, 1.165) is 38.8 Å². The van der Waals surface area contributed by atoms with Crippen LogP contribution in [0.5, 0.6) is 0 Å². The molecule has 380 valence electrons. The van der Waals surface area contributed by atoms with Gasteiger partial charge in [0.15, 0.2) is 5.96 Å². The number of hydrogen-bond acceptors (Lipinski definition) is 6. The molecule has 65 heavy (non-hydrogen) atoms. The van der Waals surface area contributed by atoms with Crippen molar-refractivity contribution in [2.75, 3.05) is 45.8 Å². The van der Waals surface area contributed by atoms with Crippen LogP contribution in [0.15, 0.2) is 29.3 Å². The summed E-state index contributed by atoms with van der Waals surface area (Å²) >= 11 is 0. The average molecular weight is 917 g/mol. The van der Waals surface area contributed by atoms with E-state index in [0.29, 0.717) is 38.6 Å². The van der Waals surface area contributed by atoms with Crippen LogP contribution in [0.4, 0.5) is 9.59 Å². The molecule has 0 atom stereocenters. The molecule has 3 amide bonds. The van der Waals surface area contributed by atoms with E-state index in [1.165, 1.54) is 154 Å². The zero-order chi connectivity index (χ0) is 48.1. The minimum absolute atomic E-state index is 0.163. The molecule has 0 aliphatic heterocycles. The number of alkyl carbamates (subject to hydrolysis) is 2. The number of amides is 3. The van der Waals surface area contributed by atoms with Crippen LogP contribution in [0.3, 0.4) is 0 Å². The minimum Gasteiger partial charge on any atom is -0.444 e. The van der Waals surface area contributed by atoms with Gasteiger partial charge in [0.1, 0.15) is 11.2 Å². The van der Waals surface area contributed by atoms with Crippen molar-refractivity contribution in [2.24, 2.45) is 4.99 Å². The molecule has 11 nitrogen and oxygen atoms in total. The maximum Gasteiger partial charge on any atom is 0.407 e. The molecule has 0 bridgehead atoms. The van der Waals surface area contributed by atoms with Gasteiger partial charge >= 0.3 is 12.2 Å². The average Bonchev–Trinajstić information content (AvgIpc) is 3.24. The van der Waals surface area contributed by atoms with Gasteiger partial charge in [0.2, 0.25) is 5.91 Å². The third-order valence-electron chi connectivity index (χ3n) is 11.0. The number of carbonyl (C=O) groups is 3. The first-order valence-electron chi connectivity index (χ1n) is 26.8. The van der Waals surface area contributed by atoms with Crippen LogP contribution in [-0.2, 0) is 14.3 Å². The number of rotatable bonds is 41. The normalized spacial score (nSPS) is 12.2. The molecule has 0 fully saturated rings. The van der Waals surface area contributed by atoms with Crippen LogP contribution in [-0.4, -0.2) is 86.0 Å². The SMILES string of the molecule is CCCCCCCC/C=C/CCCCCCCCN(CCCCCCCC/C=C/CCCCCCCC)C(=O)CCN/C(=N\CCNC(=O)OC(C)(C)C)NCCNC(=O)OC(C)(C)C. The third kappa shape index (κ3) is 47.1. The van der Waals surface area contributed by atoms with Gasteiger partial charge in [0.25, 0.3) is 0 Å². The lowest BCUT2D eigenvalue weighted by Crippen LogP contribution is -2.44. The molecule has 0 aromatic rings. The molecule has 0 unspecified atom stereocenters. The Morgan fingerprint density at radius 3 is 1.18 bits per heavy atom. The first-order chi connectivity index (χ1) is 31.3. The molecule has 0 aromatic carbocycles. The summed E-state index contributed by atoms with van der Waals surface area (Å²) in [4.78, 5) is 44.7. The Hall–Kier alpha value is -3.24. The van der Waals surface area contributed by atoms with E-state index >= 15 is 0 Å². The van der Waals surface area contributed by atoms with Gasteiger partial charge in [-0.2, -0.15) is 0 Å². The van der Waals surface area contributed by atoms with Crippen molar-refractivity contribution in [3.8, 4) is 0 Å². The lowest BCUT2D eigenvalue weighted by Gasteiger charge is -2.23. The fourth-order valence-electron chi connectivity index (χ4n) is 7.38. The summed E-state index contributed by atoms with van der Waals surface area (Å²) in [5, 5.41) is 12.0. The molecule has 0 radical (unpaired) electrons. The highest BCUT2D eigenvalue weighted by Gasteiger charge is 2.17. The Morgan fingerprint density at radius 1 is 0.446 bits per heavy atom. The molecule has 0 aromatic heterocycles. The van der Waals surface area contributed by atoms with E-state index in [4.69, 9.17) is 9.47 Å². The molecule has 0 aliphatic carbocycles. The number of carbonyl (C=O) groups excluding carboxylic acids is 3. The maximum absolute atomic E-state index is 13.7. The van der Waals surface area contributed by atoms with Crippen LogP contribution in [0.2, 0.25) is 0 Å². The highest BCUT2D eigenvalue weighted by atomic mass is 16.6. The lowest BCUT2D eigenvalue weighted by molar-refractivity contribution is -0.131. The van der Waals surface area contributed by atoms with Crippen molar-refractivity contribution in [3.63, 3.8) is 0 Å². The number of hydrogen-bond donors (Lipinski definition) is 4. The first-order valence-corrected chi connectivity index (χ1v) is 26.8. The van der Waals surface area contributed by atoms with E-state index in [-0.39, 0.29) is 12.5 Å². The summed E-state index contributed by atoms with van der Waals surface area (Å²) in [5.74, 6) is 0.665. The molecular formula is C54H104N6O5. The Bertz CT molecular complexity index is 1180. The van der Waals surface area contributed by atoms with E-state index in [1.54, 1.807) is 0 Å². The van der Waals surface area contributed by atoms with Crippen molar-refractivity contribution in [3.05, 3.63) is 24.3 Å². The number of allylic oxidation sites excluding steroid dienone is 4. The van der Waals surface area contributed by atoms with Crippen LogP contribution in [0, 0.1) is 0 Å². The van der Waals surface area contributed by atoms with Gasteiger partial charge < -0.3 is 35.6 Å². The topological polar surface area (TPSA) is 133 Å². The number of aliphatic imine (C=N–C) groups is 1. The zero-order valence-electron chi connectivity index (χ0n) is 43.7. The Kier molecular flexibility index (Phi) is 41.2. The number of nitrogens with zero attached hydrogens (tertiary/aromatic N) is 2. The zero-order valence-corrected chi connectivity index (χ0v) is 43.7. The Labute approximate surface area is 400 Å². The molecule has 0 rings (SSSR count). The molecule has 0 aliphatic rings. The van der Waals surface area contributed by atoms with Gasteiger partial charge in [-0.15, -0.1) is 0 Å². The molecule has 0 saturated carbocycles. The minimum atomic E-state index is -0.586. The Balaban J connectivity index is 4.99.